The highest BCUT2D eigenvalue weighted by atomic mass is 16.6. The summed E-state index contributed by atoms with van der Waals surface area (Å²) in [7, 11) is 1.63. The number of hydrogen-bond acceptors (Lipinski definition) is 4. The molecule has 0 aliphatic heterocycles. The van der Waals surface area contributed by atoms with Crippen molar-refractivity contribution in [3.8, 4) is 0 Å². The van der Waals surface area contributed by atoms with Crippen LogP contribution in [0.4, 0.5) is 5.69 Å². The van der Waals surface area contributed by atoms with Gasteiger partial charge in [-0.15, -0.1) is 0 Å². The quantitative estimate of drug-likeness (QED) is 0.545. The second-order valence-corrected chi connectivity index (χ2v) is 5.24. The zero-order valence-electron chi connectivity index (χ0n) is 12.4. The molecule has 6 heteroatoms. The molecule has 3 aromatic rings. The molecule has 0 saturated heterocycles. The van der Waals surface area contributed by atoms with Crippen molar-refractivity contribution >= 4 is 22.6 Å². The average Bonchev–Trinajstić information content (AvgIpc) is 2.98. The molecule has 3 rings (SSSR count). The largest absolute Gasteiger partial charge is 0.451 e. The van der Waals surface area contributed by atoms with Crippen LogP contribution in [-0.2, 0) is 6.54 Å². The molecule has 0 atom stereocenters. The summed E-state index contributed by atoms with van der Waals surface area (Å²) in [6.07, 6.45) is 0. The molecule has 0 bridgehead atoms. The summed E-state index contributed by atoms with van der Waals surface area (Å²) in [5, 5.41) is 11.7. The highest BCUT2D eigenvalue weighted by Crippen LogP contribution is 2.21. The van der Waals surface area contributed by atoms with Gasteiger partial charge in [-0.05, 0) is 17.7 Å². The van der Waals surface area contributed by atoms with Crippen molar-refractivity contribution in [2.24, 2.45) is 0 Å². The number of carbonyl (C=O) groups is 1. The Bertz CT molecular complexity index is 852. The molecule has 0 aliphatic rings. The van der Waals surface area contributed by atoms with E-state index in [1.165, 1.54) is 17.0 Å². The second-order valence-electron chi connectivity index (χ2n) is 5.24. The number of amides is 1. The fourth-order valence-corrected chi connectivity index (χ4v) is 2.39. The summed E-state index contributed by atoms with van der Waals surface area (Å²) in [5.74, 6) is -0.0214. The van der Waals surface area contributed by atoms with Crippen molar-refractivity contribution in [2.45, 2.75) is 6.54 Å². The van der Waals surface area contributed by atoms with E-state index in [1.54, 1.807) is 31.3 Å². The normalized spacial score (nSPS) is 10.7. The third-order valence-corrected chi connectivity index (χ3v) is 3.52. The van der Waals surface area contributed by atoms with Crippen LogP contribution in [0.1, 0.15) is 16.1 Å². The lowest BCUT2D eigenvalue weighted by Crippen LogP contribution is -2.25. The Morgan fingerprint density at radius 2 is 1.96 bits per heavy atom. The Hall–Kier alpha value is -3.15. The van der Waals surface area contributed by atoms with Crippen molar-refractivity contribution in [1.29, 1.82) is 0 Å². The Morgan fingerprint density at radius 3 is 2.70 bits per heavy atom. The Kier molecular flexibility index (Phi) is 3.80. The molecule has 0 N–H and O–H groups in total. The minimum atomic E-state index is -0.454. The van der Waals surface area contributed by atoms with E-state index in [9.17, 15) is 14.9 Å². The molecule has 0 radical (unpaired) electrons. The zero-order valence-corrected chi connectivity index (χ0v) is 12.4. The van der Waals surface area contributed by atoms with Crippen LogP contribution in [0.3, 0.4) is 0 Å². The molecule has 1 heterocycles. The number of para-hydroxylation sites is 1. The Balaban J connectivity index is 1.79. The second kappa shape index (κ2) is 5.92. The first-order valence-corrected chi connectivity index (χ1v) is 7.02. The number of nitro benzene ring substituents is 1. The molecule has 1 aromatic heterocycles. The molecular weight excluding hydrogens is 296 g/mol. The maximum absolute atomic E-state index is 12.4. The van der Waals surface area contributed by atoms with Gasteiger partial charge in [0.15, 0.2) is 5.76 Å². The molecule has 1 amide bonds. The number of rotatable bonds is 4. The van der Waals surface area contributed by atoms with Gasteiger partial charge in [-0.2, -0.15) is 0 Å². The van der Waals surface area contributed by atoms with Gasteiger partial charge in [-0.3, -0.25) is 14.9 Å². The van der Waals surface area contributed by atoms with Crippen molar-refractivity contribution in [3.63, 3.8) is 0 Å². The molecular formula is C17H14N2O4. The van der Waals surface area contributed by atoms with Gasteiger partial charge in [0.2, 0.25) is 0 Å². The van der Waals surface area contributed by atoms with Crippen molar-refractivity contribution in [1.82, 2.24) is 4.90 Å². The number of nitro groups is 1. The molecule has 116 valence electrons. The third kappa shape index (κ3) is 3.06. The van der Waals surface area contributed by atoms with Crippen LogP contribution in [0.5, 0.6) is 0 Å². The molecule has 0 spiro atoms. The smallest absolute Gasteiger partial charge is 0.289 e. The van der Waals surface area contributed by atoms with E-state index in [1.807, 2.05) is 18.2 Å². The molecule has 23 heavy (non-hydrogen) atoms. The van der Waals surface area contributed by atoms with Crippen LogP contribution in [0.25, 0.3) is 11.0 Å². The molecule has 0 fully saturated rings. The summed E-state index contributed by atoms with van der Waals surface area (Å²) in [5.41, 5.74) is 1.35. The molecule has 0 aliphatic carbocycles. The minimum absolute atomic E-state index is 0.00656. The monoisotopic (exact) mass is 310 g/mol. The maximum Gasteiger partial charge on any atom is 0.289 e. The van der Waals surface area contributed by atoms with Gasteiger partial charge in [0.25, 0.3) is 11.6 Å². The van der Waals surface area contributed by atoms with E-state index >= 15 is 0 Å². The lowest BCUT2D eigenvalue weighted by atomic mass is 10.2. The van der Waals surface area contributed by atoms with Gasteiger partial charge < -0.3 is 9.32 Å². The first kappa shape index (κ1) is 14.8. The predicted molar refractivity (Wildman–Crippen MR) is 85.1 cm³/mol. The number of carbonyl (C=O) groups excluding carboxylic acids is 1. The summed E-state index contributed by atoms with van der Waals surface area (Å²) in [6, 6.07) is 15.3. The first-order valence-electron chi connectivity index (χ1n) is 7.02. The van der Waals surface area contributed by atoms with E-state index in [4.69, 9.17) is 4.42 Å². The molecule has 6 nitrogen and oxygen atoms in total. The Morgan fingerprint density at radius 1 is 1.17 bits per heavy atom. The molecule has 2 aromatic carbocycles. The molecule has 0 saturated carbocycles. The minimum Gasteiger partial charge on any atom is -0.451 e. The molecule has 0 unspecified atom stereocenters. The van der Waals surface area contributed by atoms with Gasteiger partial charge in [-0.25, -0.2) is 0 Å². The SMILES string of the molecule is CN(Cc1cccc([N+](=O)[O-])c1)C(=O)c1cc2ccccc2o1. The van der Waals surface area contributed by atoms with Crippen LogP contribution < -0.4 is 0 Å². The fraction of sp³-hybridized carbons (Fsp3) is 0.118. The number of hydrogen-bond donors (Lipinski definition) is 0. The van der Waals surface area contributed by atoms with Gasteiger partial charge in [0, 0.05) is 31.1 Å². The van der Waals surface area contributed by atoms with Gasteiger partial charge in [0.05, 0.1) is 4.92 Å². The number of nitrogens with zero attached hydrogens (tertiary/aromatic N) is 2. The van der Waals surface area contributed by atoms with Crippen LogP contribution in [0.15, 0.2) is 59.0 Å². The Labute approximate surface area is 132 Å². The summed E-state index contributed by atoms with van der Waals surface area (Å²) in [6.45, 7) is 0.261. The lowest BCUT2D eigenvalue weighted by Gasteiger charge is -2.15. The lowest BCUT2D eigenvalue weighted by molar-refractivity contribution is -0.384. The third-order valence-electron chi connectivity index (χ3n) is 3.52. The van der Waals surface area contributed by atoms with Gasteiger partial charge in [-0.1, -0.05) is 30.3 Å². The van der Waals surface area contributed by atoms with Crippen molar-refractivity contribution in [3.05, 3.63) is 76.0 Å². The topological polar surface area (TPSA) is 76.6 Å². The highest BCUT2D eigenvalue weighted by molar-refractivity contribution is 5.95. The van der Waals surface area contributed by atoms with Gasteiger partial charge in [0.1, 0.15) is 5.58 Å². The van der Waals surface area contributed by atoms with E-state index < -0.39 is 4.92 Å². The zero-order chi connectivity index (χ0) is 16.4. The summed E-state index contributed by atoms with van der Waals surface area (Å²) < 4.78 is 5.55. The van der Waals surface area contributed by atoms with E-state index in [-0.39, 0.29) is 23.9 Å². The van der Waals surface area contributed by atoms with Crippen LogP contribution in [0.2, 0.25) is 0 Å². The van der Waals surface area contributed by atoms with Gasteiger partial charge >= 0.3 is 0 Å². The van der Waals surface area contributed by atoms with Crippen LogP contribution in [0, 0.1) is 10.1 Å². The fourth-order valence-electron chi connectivity index (χ4n) is 2.39. The van der Waals surface area contributed by atoms with Crippen molar-refractivity contribution in [2.75, 3.05) is 7.05 Å². The summed E-state index contributed by atoms with van der Waals surface area (Å²) in [4.78, 5) is 24.3. The highest BCUT2D eigenvalue weighted by Gasteiger charge is 2.17. The number of fused-ring (bicyclic) bond motifs is 1. The number of non-ortho nitro benzene ring substituents is 1. The number of furan rings is 1. The standard InChI is InChI=1S/C17H14N2O4/c1-18(11-12-5-4-7-14(9-12)19(21)22)17(20)16-10-13-6-2-3-8-15(13)23-16/h2-10H,11H2,1H3. The number of benzene rings is 2. The van der Waals surface area contributed by atoms with E-state index in [2.05, 4.69) is 0 Å². The van der Waals surface area contributed by atoms with Crippen LogP contribution >= 0.6 is 0 Å². The maximum atomic E-state index is 12.4. The van der Waals surface area contributed by atoms with E-state index in [0.29, 0.717) is 11.1 Å². The predicted octanol–water partition coefficient (Wildman–Crippen LogP) is 3.61. The summed E-state index contributed by atoms with van der Waals surface area (Å²) >= 11 is 0. The van der Waals surface area contributed by atoms with Crippen molar-refractivity contribution < 1.29 is 14.1 Å². The first-order chi connectivity index (χ1) is 11.0. The van der Waals surface area contributed by atoms with E-state index in [0.717, 1.165) is 5.39 Å². The van der Waals surface area contributed by atoms with Crippen LogP contribution in [-0.4, -0.2) is 22.8 Å². The average molecular weight is 310 g/mol.